The van der Waals surface area contributed by atoms with Crippen LogP contribution in [-0.2, 0) is 25.7 Å². The first-order chi connectivity index (χ1) is 21.2. The third-order valence-corrected chi connectivity index (χ3v) is 9.16. The zero-order chi connectivity index (χ0) is 31.0. The summed E-state index contributed by atoms with van der Waals surface area (Å²) in [6.07, 6.45) is 3.27. The van der Waals surface area contributed by atoms with Crippen LogP contribution in [0.25, 0.3) is 0 Å². The molecule has 0 unspecified atom stereocenters. The molecule has 0 amide bonds. The number of hydrogen-bond acceptors (Lipinski definition) is 8. The van der Waals surface area contributed by atoms with Crippen LogP contribution in [0.5, 0.6) is 40.2 Å². The fraction of sp³-hybridized carbons (Fsp3) is 0.333. The molecule has 0 spiro atoms. The van der Waals surface area contributed by atoms with Crippen molar-refractivity contribution < 1.29 is 29.5 Å². The highest BCUT2D eigenvalue weighted by molar-refractivity contribution is 5.51. The summed E-state index contributed by atoms with van der Waals surface area (Å²) in [5.74, 6) is 2.44. The summed E-state index contributed by atoms with van der Waals surface area (Å²) in [5, 5.41) is 31.4. The topological polar surface area (TPSA) is 94.9 Å². The Morgan fingerprint density at radius 2 is 1.16 bits per heavy atom. The van der Waals surface area contributed by atoms with Gasteiger partial charge in [0.05, 0.1) is 14.2 Å². The van der Waals surface area contributed by atoms with Gasteiger partial charge in [0.15, 0.2) is 34.5 Å². The number of methoxy groups -OCH3 is 2. The van der Waals surface area contributed by atoms with Gasteiger partial charge in [-0.3, -0.25) is 9.80 Å². The maximum absolute atomic E-state index is 10.6. The molecule has 0 aromatic heterocycles. The van der Waals surface area contributed by atoms with Gasteiger partial charge in [-0.25, -0.2) is 0 Å². The summed E-state index contributed by atoms with van der Waals surface area (Å²) in [6, 6.07) is 21.3. The predicted octanol–water partition coefficient (Wildman–Crippen LogP) is 6.16. The van der Waals surface area contributed by atoms with E-state index in [4.69, 9.17) is 14.2 Å². The summed E-state index contributed by atoms with van der Waals surface area (Å²) in [7, 11) is 7.37. The maximum Gasteiger partial charge on any atom is 0.169 e. The fourth-order valence-corrected chi connectivity index (χ4v) is 6.58. The Bertz CT molecular complexity index is 1650. The third kappa shape index (κ3) is 5.87. The predicted molar refractivity (Wildman–Crippen MR) is 169 cm³/mol. The number of rotatable bonds is 8. The first-order valence-electron chi connectivity index (χ1n) is 15.0. The van der Waals surface area contributed by atoms with Crippen LogP contribution in [0.3, 0.4) is 0 Å². The van der Waals surface area contributed by atoms with Crippen LogP contribution >= 0.6 is 0 Å². The minimum absolute atomic E-state index is 0.0810. The summed E-state index contributed by atoms with van der Waals surface area (Å²) in [6.45, 7) is 1.81. The van der Waals surface area contributed by atoms with E-state index in [0.29, 0.717) is 29.4 Å². The van der Waals surface area contributed by atoms with Crippen molar-refractivity contribution in [3.63, 3.8) is 0 Å². The van der Waals surface area contributed by atoms with Crippen LogP contribution in [0, 0.1) is 0 Å². The Labute approximate surface area is 258 Å². The van der Waals surface area contributed by atoms with Gasteiger partial charge in [-0.15, -0.1) is 0 Å². The fourth-order valence-electron chi connectivity index (χ4n) is 6.58. The van der Waals surface area contributed by atoms with E-state index in [0.717, 1.165) is 60.2 Å². The van der Waals surface area contributed by atoms with E-state index in [9.17, 15) is 15.3 Å². The molecule has 3 N–H and O–H groups in total. The normalized spacial score (nSPS) is 18.4. The van der Waals surface area contributed by atoms with Crippen LogP contribution in [0.15, 0.2) is 66.7 Å². The molecule has 0 saturated heterocycles. The molecule has 0 aliphatic carbocycles. The highest BCUT2D eigenvalue weighted by Gasteiger charge is 2.28. The molecule has 2 atom stereocenters. The highest BCUT2D eigenvalue weighted by atomic mass is 16.5. The molecule has 2 aliphatic heterocycles. The molecule has 6 rings (SSSR count). The van der Waals surface area contributed by atoms with Crippen molar-refractivity contribution in [1.82, 2.24) is 9.80 Å². The summed E-state index contributed by atoms with van der Waals surface area (Å²) in [4.78, 5) is 4.63. The van der Waals surface area contributed by atoms with E-state index in [1.54, 1.807) is 20.3 Å². The third-order valence-electron chi connectivity index (χ3n) is 9.16. The molecule has 4 aromatic rings. The van der Waals surface area contributed by atoms with Gasteiger partial charge in [-0.2, -0.15) is 0 Å². The van der Waals surface area contributed by atoms with E-state index in [1.165, 1.54) is 5.56 Å². The zero-order valence-corrected chi connectivity index (χ0v) is 25.7. The van der Waals surface area contributed by atoms with Crippen molar-refractivity contribution >= 4 is 0 Å². The van der Waals surface area contributed by atoms with Gasteiger partial charge in [-0.1, -0.05) is 18.2 Å². The Hall–Kier alpha value is -4.40. The van der Waals surface area contributed by atoms with E-state index in [-0.39, 0.29) is 29.3 Å². The smallest absolute Gasteiger partial charge is 0.169 e. The van der Waals surface area contributed by atoms with Crippen LogP contribution in [0.2, 0.25) is 0 Å². The van der Waals surface area contributed by atoms with Crippen LogP contribution in [0.1, 0.15) is 45.5 Å². The molecule has 0 radical (unpaired) electrons. The number of hydrogen-bond donors (Lipinski definition) is 3. The lowest BCUT2D eigenvalue weighted by Gasteiger charge is -2.35. The lowest BCUT2D eigenvalue weighted by molar-refractivity contribution is 0.228. The van der Waals surface area contributed by atoms with Crippen molar-refractivity contribution in [3.8, 4) is 40.2 Å². The van der Waals surface area contributed by atoms with Gasteiger partial charge in [0.2, 0.25) is 0 Å². The Balaban J connectivity index is 1.18. The minimum Gasteiger partial charge on any atom is -0.504 e. The van der Waals surface area contributed by atoms with Crippen LogP contribution in [0.4, 0.5) is 0 Å². The standard InChI is InChI=1S/C36H40N2O6/c1-37-14-12-25-19-34(42-3)33(41)20-27(25)29(37)15-22-5-8-26(9-6-22)44-36-17-23(7-10-31(36)39)16-30-28-21-35(43-4)32(40)18-24(28)11-13-38(30)2/h5-10,17-21,29-30,39-41H,11-16H2,1-4H3/t29-,30-/m1/s1. The summed E-state index contributed by atoms with van der Waals surface area (Å²) in [5.41, 5.74) is 6.78. The molecule has 8 heteroatoms. The molecule has 2 aliphatic rings. The Morgan fingerprint density at radius 1 is 0.614 bits per heavy atom. The molecular formula is C36H40N2O6. The Morgan fingerprint density at radius 3 is 1.82 bits per heavy atom. The minimum atomic E-state index is 0.0810. The molecule has 4 aromatic carbocycles. The number of aromatic hydroxyl groups is 3. The molecule has 0 saturated carbocycles. The molecule has 230 valence electrons. The van der Waals surface area contributed by atoms with E-state index in [1.807, 2.05) is 48.5 Å². The SMILES string of the molecule is COc1cc2c(cc1O)[C@@H](Cc1ccc(Oc3cc(C[C@@H]4c5cc(OC)c(O)cc5CCN4C)ccc3O)cc1)N(C)CC2. The largest absolute Gasteiger partial charge is 0.504 e. The molecule has 2 heterocycles. The number of benzene rings is 4. The second-order valence-electron chi connectivity index (χ2n) is 11.9. The van der Waals surface area contributed by atoms with Crippen LogP contribution in [-0.4, -0.2) is 66.5 Å². The summed E-state index contributed by atoms with van der Waals surface area (Å²) < 4.78 is 16.9. The lowest BCUT2D eigenvalue weighted by Crippen LogP contribution is -2.33. The van der Waals surface area contributed by atoms with Gasteiger partial charge < -0.3 is 29.5 Å². The molecular weight excluding hydrogens is 556 g/mol. The molecule has 8 nitrogen and oxygen atoms in total. The van der Waals surface area contributed by atoms with Crippen molar-refractivity contribution in [2.75, 3.05) is 41.4 Å². The van der Waals surface area contributed by atoms with Gasteiger partial charge in [0, 0.05) is 25.2 Å². The average Bonchev–Trinajstić information content (AvgIpc) is 3.02. The number of fused-ring (bicyclic) bond motifs is 2. The van der Waals surface area contributed by atoms with E-state index in [2.05, 4.69) is 36.0 Å². The quantitative estimate of drug-likeness (QED) is 0.223. The van der Waals surface area contributed by atoms with Gasteiger partial charge >= 0.3 is 0 Å². The Kier molecular flexibility index (Phi) is 8.29. The number of nitrogens with zero attached hydrogens (tertiary/aromatic N) is 2. The number of likely N-dealkylation sites (N-methyl/N-ethyl adjacent to an activating group) is 2. The highest BCUT2D eigenvalue weighted by Crippen LogP contribution is 2.41. The van der Waals surface area contributed by atoms with Gasteiger partial charge in [-0.05, 0) is 122 Å². The van der Waals surface area contributed by atoms with Crippen molar-refractivity contribution in [2.45, 2.75) is 37.8 Å². The number of phenols is 3. The molecule has 0 fully saturated rings. The van der Waals surface area contributed by atoms with E-state index < -0.39 is 0 Å². The second-order valence-corrected chi connectivity index (χ2v) is 11.9. The van der Waals surface area contributed by atoms with Crippen molar-refractivity contribution in [3.05, 3.63) is 100 Å². The maximum atomic E-state index is 10.6. The zero-order valence-electron chi connectivity index (χ0n) is 25.7. The average molecular weight is 597 g/mol. The lowest BCUT2D eigenvalue weighted by atomic mass is 9.88. The van der Waals surface area contributed by atoms with E-state index >= 15 is 0 Å². The molecule has 44 heavy (non-hydrogen) atoms. The van der Waals surface area contributed by atoms with Crippen molar-refractivity contribution in [1.29, 1.82) is 0 Å². The number of phenolic OH excluding ortho intramolecular Hbond substituents is 3. The molecule has 0 bridgehead atoms. The first kappa shape index (κ1) is 29.7. The van der Waals surface area contributed by atoms with Crippen molar-refractivity contribution in [2.24, 2.45) is 0 Å². The van der Waals surface area contributed by atoms with Gasteiger partial charge in [0.25, 0.3) is 0 Å². The monoisotopic (exact) mass is 596 g/mol. The van der Waals surface area contributed by atoms with Crippen LogP contribution < -0.4 is 14.2 Å². The second kappa shape index (κ2) is 12.3. The van der Waals surface area contributed by atoms with Gasteiger partial charge in [0.1, 0.15) is 5.75 Å². The number of ether oxygens (including phenoxy) is 3. The first-order valence-corrected chi connectivity index (χ1v) is 15.0. The summed E-state index contributed by atoms with van der Waals surface area (Å²) >= 11 is 0.